The molecule has 5 heteroatoms. The summed E-state index contributed by atoms with van der Waals surface area (Å²) in [6, 6.07) is 7.93. The van der Waals surface area contributed by atoms with Crippen LogP contribution in [0.15, 0.2) is 29.6 Å². The van der Waals surface area contributed by atoms with Crippen molar-refractivity contribution >= 4 is 17.2 Å². The SMILES string of the molecule is Cc1csc(-c2ccccc2CNC(=O)CN)n1. The molecule has 3 N–H and O–H groups in total. The van der Waals surface area contributed by atoms with E-state index < -0.39 is 0 Å². The zero-order chi connectivity index (χ0) is 13.0. The lowest BCUT2D eigenvalue weighted by atomic mass is 10.1. The van der Waals surface area contributed by atoms with E-state index in [4.69, 9.17) is 5.73 Å². The number of rotatable bonds is 4. The molecule has 0 radical (unpaired) electrons. The van der Waals surface area contributed by atoms with Gasteiger partial charge in [0.2, 0.25) is 5.91 Å². The van der Waals surface area contributed by atoms with E-state index in [1.54, 1.807) is 11.3 Å². The lowest BCUT2D eigenvalue weighted by Crippen LogP contribution is -2.29. The van der Waals surface area contributed by atoms with Crippen LogP contribution in [0.25, 0.3) is 10.6 Å². The molecule has 1 heterocycles. The number of hydrogen-bond acceptors (Lipinski definition) is 4. The fourth-order valence-corrected chi connectivity index (χ4v) is 2.48. The number of carbonyl (C=O) groups excluding carboxylic acids is 1. The lowest BCUT2D eigenvalue weighted by Gasteiger charge is -2.08. The van der Waals surface area contributed by atoms with Crippen LogP contribution in [-0.4, -0.2) is 17.4 Å². The third-order valence-electron chi connectivity index (χ3n) is 2.53. The van der Waals surface area contributed by atoms with E-state index in [2.05, 4.69) is 10.3 Å². The van der Waals surface area contributed by atoms with Crippen molar-refractivity contribution in [2.45, 2.75) is 13.5 Å². The molecule has 0 spiro atoms. The second-order valence-electron chi connectivity index (χ2n) is 3.93. The zero-order valence-corrected chi connectivity index (χ0v) is 11.0. The number of aromatic nitrogens is 1. The van der Waals surface area contributed by atoms with E-state index >= 15 is 0 Å². The minimum Gasteiger partial charge on any atom is -0.351 e. The van der Waals surface area contributed by atoms with Gasteiger partial charge in [-0.15, -0.1) is 11.3 Å². The third kappa shape index (κ3) is 2.94. The Morgan fingerprint density at radius 1 is 1.44 bits per heavy atom. The van der Waals surface area contributed by atoms with Gasteiger partial charge in [-0.1, -0.05) is 24.3 Å². The average Bonchev–Trinajstić information content (AvgIpc) is 2.83. The lowest BCUT2D eigenvalue weighted by molar-refractivity contribution is -0.119. The molecule has 0 aliphatic heterocycles. The molecule has 0 bridgehead atoms. The van der Waals surface area contributed by atoms with E-state index in [1.165, 1.54) is 0 Å². The Morgan fingerprint density at radius 2 is 2.22 bits per heavy atom. The second-order valence-corrected chi connectivity index (χ2v) is 4.79. The molecule has 4 nitrogen and oxygen atoms in total. The van der Waals surface area contributed by atoms with Gasteiger partial charge in [0, 0.05) is 23.2 Å². The first-order valence-corrected chi connectivity index (χ1v) is 6.56. The molecule has 1 amide bonds. The minimum absolute atomic E-state index is 0.0124. The van der Waals surface area contributed by atoms with Crippen molar-refractivity contribution in [2.75, 3.05) is 6.54 Å². The summed E-state index contributed by atoms with van der Waals surface area (Å²) in [6.45, 7) is 2.46. The maximum absolute atomic E-state index is 11.2. The molecule has 2 aromatic rings. The van der Waals surface area contributed by atoms with Crippen LogP contribution in [0.1, 0.15) is 11.3 Å². The Morgan fingerprint density at radius 3 is 2.89 bits per heavy atom. The molecule has 18 heavy (non-hydrogen) atoms. The van der Waals surface area contributed by atoms with Gasteiger partial charge < -0.3 is 11.1 Å². The van der Waals surface area contributed by atoms with E-state index in [0.717, 1.165) is 21.8 Å². The Bertz CT molecular complexity index is 551. The largest absolute Gasteiger partial charge is 0.351 e. The highest BCUT2D eigenvalue weighted by molar-refractivity contribution is 7.13. The van der Waals surface area contributed by atoms with Crippen LogP contribution in [0, 0.1) is 6.92 Å². The molecule has 1 aromatic carbocycles. The summed E-state index contributed by atoms with van der Waals surface area (Å²) in [6.07, 6.45) is 0. The van der Waals surface area contributed by atoms with Crippen LogP contribution in [0.4, 0.5) is 0 Å². The van der Waals surface area contributed by atoms with E-state index in [9.17, 15) is 4.79 Å². The number of aryl methyl sites for hydroxylation is 1. The summed E-state index contributed by atoms with van der Waals surface area (Å²) in [7, 11) is 0. The topological polar surface area (TPSA) is 68.0 Å². The zero-order valence-electron chi connectivity index (χ0n) is 10.1. The number of nitrogens with two attached hydrogens (primary N) is 1. The normalized spacial score (nSPS) is 10.3. The predicted molar refractivity (Wildman–Crippen MR) is 73.2 cm³/mol. The Balaban J connectivity index is 2.23. The minimum atomic E-state index is -0.153. The summed E-state index contributed by atoms with van der Waals surface area (Å²) in [5, 5.41) is 5.77. The van der Waals surface area contributed by atoms with Crippen LogP contribution in [0.3, 0.4) is 0 Å². The van der Waals surface area contributed by atoms with Crippen LogP contribution in [-0.2, 0) is 11.3 Å². The van der Waals surface area contributed by atoms with Crippen LogP contribution in [0.5, 0.6) is 0 Å². The first kappa shape index (κ1) is 12.7. The molecule has 1 aromatic heterocycles. The molecule has 0 unspecified atom stereocenters. The van der Waals surface area contributed by atoms with E-state index in [-0.39, 0.29) is 12.5 Å². The Hall–Kier alpha value is -1.72. The van der Waals surface area contributed by atoms with Gasteiger partial charge in [0.25, 0.3) is 0 Å². The molecular formula is C13H15N3OS. The highest BCUT2D eigenvalue weighted by Crippen LogP contribution is 2.26. The highest BCUT2D eigenvalue weighted by Gasteiger charge is 2.08. The van der Waals surface area contributed by atoms with Crippen molar-refractivity contribution in [3.05, 3.63) is 40.9 Å². The standard InChI is InChI=1S/C13H15N3OS/c1-9-8-18-13(16-9)11-5-3-2-4-10(11)7-15-12(17)6-14/h2-5,8H,6-7,14H2,1H3,(H,15,17). The number of thiazole rings is 1. The van der Waals surface area contributed by atoms with Crippen molar-refractivity contribution in [2.24, 2.45) is 5.73 Å². The second kappa shape index (κ2) is 5.75. The van der Waals surface area contributed by atoms with Crippen molar-refractivity contribution < 1.29 is 4.79 Å². The molecule has 2 rings (SSSR count). The molecule has 0 saturated heterocycles. The van der Waals surface area contributed by atoms with Gasteiger partial charge in [0.05, 0.1) is 6.54 Å². The fraction of sp³-hybridized carbons (Fsp3) is 0.231. The first-order valence-electron chi connectivity index (χ1n) is 5.68. The first-order chi connectivity index (χ1) is 8.70. The number of hydrogen-bond donors (Lipinski definition) is 2. The van der Waals surface area contributed by atoms with Gasteiger partial charge in [-0.2, -0.15) is 0 Å². The summed E-state index contributed by atoms with van der Waals surface area (Å²) < 4.78 is 0. The number of carbonyl (C=O) groups is 1. The monoisotopic (exact) mass is 261 g/mol. The van der Waals surface area contributed by atoms with Gasteiger partial charge in [-0.25, -0.2) is 4.98 Å². The highest BCUT2D eigenvalue weighted by atomic mass is 32.1. The quantitative estimate of drug-likeness (QED) is 0.880. The summed E-state index contributed by atoms with van der Waals surface area (Å²) in [5.41, 5.74) is 8.39. The van der Waals surface area contributed by atoms with Crippen molar-refractivity contribution in [3.8, 4) is 10.6 Å². The van der Waals surface area contributed by atoms with E-state index in [0.29, 0.717) is 6.54 Å². The maximum atomic E-state index is 11.2. The van der Waals surface area contributed by atoms with E-state index in [1.807, 2.05) is 36.6 Å². The number of amides is 1. The van der Waals surface area contributed by atoms with Crippen LogP contribution in [0.2, 0.25) is 0 Å². The predicted octanol–water partition coefficient (Wildman–Crippen LogP) is 1.69. The Kier molecular flexibility index (Phi) is 4.07. The third-order valence-corrected chi connectivity index (χ3v) is 3.52. The smallest absolute Gasteiger partial charge is 0.234 e. The number of nitrogens with zero attached hydrogens (tertiary/aromatic N) is 1. The maximum Gasteiger partial charge on any atom is 0.234 e. The van der Waals surface area contributed by atoms with Gasteiger partial charge in [0.1, 0.15) is 5.01 Å². The molecule has 0 aliphatic carbocycles. The molecular weight excluding hydrogens is 246 g/mol. The van der Waals surface area contributed by atoms with Gasteiger partial charge >= 0.3 is 0 Å². The molecule has 0 fully saturated rings. The van der Waals surface area contributed by atoms with Gasteiger partial charge in [-0.05, 0) is 12.5 Å². The number of benzene rings is 1. The molecule has 0 saturated carbocycles. The molecule has 0 atom stereocenters. The average molecular weight is 261 g/mol. The summed E-state index contributed by atoms with van der Waals surface area (Å²) in [5.74, 6) is -0.153. The van der Waals surface area contributed by atoms with Crippen molar-refractivity contribution in [1.82, 2.24) is 10.3 Å². The Labute approximate surface area is 110 Å². The van der Waals surface area contributed by atoms with Crippen molar-refractivity contribution in [1.29, 1.82) is 0 Å². The van der Waals surface area contributed by atoms with Crippen molar-refractivity contribution in [3.63, 3.8) is 0 Å². The van der Waals surface area contributed by atoms with Crippen LogP contribution >= 0.6 is 11.3 Å². The number of nitrogens with one attached hydrogen (secondary N) is 1. The molecule has 0 aliphatic rings. The van der Waals surface area contributed by atoms with Gasteiger partial charge in [-0.3, -0.25) is 4.79 Å². The summed E-state index contributed by atoms with van der Waals surface area (Å²) in [4.78, 5) is 15.7. The fourth-order valence-electron chi connectivity index (χ4n) is 1.63. The van der Waals surface area contributed by atoms with Gasteiger partial charge in [0.15, 0.2) is 0 Å². The summed E-state index contributed by atoms with van der Waals surface area (Å²) >= 11 is 1.61. The molecule has 94 valence electrons. The van der Waals surface area contributed by atoms with Crippen LogP contribution < -0.4 is 11.1 Å².